The standard InChI is InChI=1S/C13H12Br2N2/c1-8-6-9(2)12(11(15)7-8)17-13-10(14)4-3-5-16-13/h3-7H,1-2H3,(H,16,17). The molecule has 0 bridgehead atoms. The summed E-state index contributed by atoms with van der Waals surface area (Å²) in [5, 5.41) is 3.33. The van der Waals surface area contributed by atoms with E-state index in [4.69, 9.17) is 0 Å². The number of nitrogens with one attached hydrogen (secondary N) is 1. The van der Waals surface area contributed by atoms with Crippen LogP contribution in [0.15, 0.2) is 39.4 Å². The van der Waals surface area contributed by atoms with Crippen molar-refractivity contribution in [1.29, 1.82) is 0 Å². The molecule has 1 heterocycles. The molecule has 0 unspecified atom stereocenters. The Kier molecular flexibility index (Phi) is 3.84. The first-order chi connectivity index (χ1) is 8.08. The fourth-order valence-corrected chi connectivity index (χ4v) is 2.80. The SMILES string of the molecule is Cc1cc(C)c(Nc2ncccc2Br)c(Br)c1. The predicted octanol–water partition coefficient (Wildman–Crippen LogP) is 4.97. The highest BCUT2D eigenvalue weighted by molar-refractivity contribution is 9.11. The van der Waals surface area contributed by atoms with Crippen molar-refractivity contribution in [1.82, 2.24) is 4.98 Å². The Morgan fingerprint density at radius 3 is 2.53 bits per heavy atom. The number of benzene rings is 1. The lowest BCUT2D eigenvalue weighted by atomic mass is 10.1. The predicted molar refractivity (Wildman–Crippen MR) is 78.8 cm³/mol. The first kappa shape index (κ1) is 12.6. The molecule has 0 saturated carbocycles. The molecule has 0 radical (unpaired) electrons. The van der Waals surface area contributed by atoms with Crippen LogP contribution in [-0.4, -0.2) is 4.98 Å². The van der Waals surface area contributed by atoms with Crippen molar-refractivity contribution in [2.75, 3.05) is 5.32 Å². The average molecular weight is 356 g/mol. The minimum Gasteiger partial charge on any atom is -0.338 e. The molecule has 0 aliphatic rings. The van der Waals surface area contributed by atoms with E-state index >= 15 is 0 Å². The third-order valence-corrected chi connectivity index (χ3v) is 3.70. The van der Waals surface area contributed by atoms with Gasteiger partial charge in [0.05, 0.1) is 10.2 Å². The minimum absolute atomic E-state index is 0.820. The number of aryl methyl sites for hydroxylation is 2. The van der Waals surface area contributed by atoms with E-state index in [9.17, 15) is 0 Å². The number of nitrogens with zero attached hydrogens (tertiary/aromatic N) is 1. The molecule has 0 amide bonds. The maximum absolute atomic E-state index is 4.30. The second-order valence-electron chi connectivity index (χ2n) is 3.90. The Hall–Kier alpha value is -0.870. The van der Waals surface area contributed by atoms with E-state index in [2.05, 4.69) is 68.1 Å². The van der Waals surface area contributed by atoms with Crippen molar-refractivity contribution in [3.8, 4) is 0 Å². The summed E-state index contributed by atoms with van der Waals surface area (Å²) < 4.78 is 2.00. The normalized spacial score (nSPS) is 10.4. The molecule has 0 aliphatic carbocycles. The average Bonchev–Trinajstić information content (AvgIpc) is 2.25. The van der Waals surface area contributed by atoms with E-state index in [0.717, 1.165) is 20.5 Å². The van der Waals surface area contributed by atoms with Crippen molar-refractivity contribution in [3.63, 3.8) is 0 Å². The maximum atomic E-state index is 4.30. The van der Waals surface area contributed by atoms with Gasteiger partial charge in [-0.15, -0.1) is 0 Å². The van der Waals surface area contributed by atoms with Gasteiger partial charge < -0.3 is 5.32 Å². The summed E-state index contributed by atoms with van der Waals surface area (Å²) in [6.07, 6.45) is 1.77. The summed E-state index contributed by atoms with van der Waals surface area (Å²) in [7, 11) is 0. The van der Waals surface area contributed by atoms with Gasteiger partial charge in [-0.2, -0.15) is 0 Å². The molecule has 88 valence electrons. The van der Waals surface area contributed by atoms with Crippen LogP contribution in [0.25, 0.3) is 0 Å². The van der Waals surface area contributed by atoms with Crippen LogP contribution in [0, 0.1) is 13.8 Å². The van der Waals surface area contributed by atoms with Gasteiger partial charge in [0.15, 0.2) is 0 Å². The molecule has 0 spiro atoms. The Balaban J connectivity index is 2.40. The molecule has 4 heteroatoms. The van der Waals surface area contributed by atoms with Gasteiger partial charge in [-0.25, -0.2) is 4.98 Å². The zero-order valence-corrected chi connectivity index (χ0v) is 12.8. The van der Waals surface area contributed by atoms with Crippen molar-refractivity contribution in [2.24, 2.45) is 0 Å². The number of halogens is 2. The number of aromatic nitrogens is 1. The highest BCUT2D eigenvalue weighted by Gasteiger charge is 2.07. The Labute approximate surface area is 118 Å². The fraction of sp³-hybridized carbons (Fsp3) is 0.154. The van der Waals surface area contributed by atoms with E-state index in [1.807, 2.05) is 12.1 Å². The minimum atomic E-state index is 0.820. The fourth-order valence-electron chi connectivity index (χ4n) is 1.67. The van der Waals surface area contributed by atoms with E-state index in [1.165, 1.54) is 11.1 Å². The summed E-state index contributed by atoms with van der Waals surface area (Å²) >= 11 is 7.05. The summed E-state index contributed by atoms with van der Waals surface area (Å²) in [5.74, 6) is 0.820. The molecule has 0 aliphatic heterocycles. The molecular weight excluding hydrogens is 344 g/mol. The van der Waals surface area contributed by atoms with Gasteiger partial charge in [0.1, 0.15) is 5.82 Å². The number of pyridine rings is 1. The smallest absolute Gasteiger partial charge is 0.144 e. The molecule has 0 saturated heterocycles. The lowest BCUT2D eigenvalue weighted by molar-refractivity contribution is 1.27. The van der Waals surface area contributed by atoms with Crippen LogP contribution in [0.3, 0.4) is 0 Å². The molecule has 2 aromatic rings. The molecule has 1 aromatic heterocycles. The van der Waals surface area contributed by atoms with Gasteiger partial charge >= 0.3 is 0 Å². The van der Waals surface area contributed by atoms with E-state index in [-0.39, 0.29) is 0 Å². The number of hydrogen-bond acceptors (Lipinski definition) is 2. The molecule has 2 rings (SSSR count). The van der Waals surface area contributed by atoms with E-state index in [1.54, 1.807) is 6.20 Å². The molecule has 1 N–H and O–H groups in total. The van der Waals surface area contributed by atoms with Crippen molar-refractivity contribution < 1.29 is 0 Å². The third kappa shape index (κ3) is 2.87. The van der Waals surface area contributed by atoms with Gasteiger partial charge in [-0.05, 0) is 75.0 Å². The first-order valence-electron chi connectivity index (χ1n) is 5.22. The van der Waals surface area contributed by atoms with Gasteiger partial charge in [0, 0.05) is 10.7 Å². The first-order valence-corrected chi connectivity index (χ1v) is 6.81. The molecule has 0 atom stereocenters. The molecule has 17 heavy (non-hydrogen) atoms. The number of anilines is 2. The number of rotatable bonds is 2. The lowest BCUT2D eigenvalue weighted by Gasteiger charge is -2.13. The summed E-state index contributed by atoms with van der Waals surface area (Å²) in [6, 6.07) is 8.09. The molecule has 0 fully saturated rings. The highest BCUT2D eigenvalue weighted by atomic mass is 79.9. The van der Waals surface area contributed by atoms with Gasteiger partial charge in [-0.3, -0.25) is 0 Å². The Morgan fingerprint density at radius 1 is 1.12 bits per heavy atom. The molecule has 1 aromatic carbocycles. The second-order valence-corrected chi connectivity index (χ2v) is 5.61. The van der Waals surface area contributed by atoms with Gasteiger partial charge in [0.25, 0.3) is 0 Å². The summed E-state index contributed by atoms with van der Waals surface area (Å²) in [5.41, 5.74) is 3.48. The zero-order valence-electron chi connectivity index (χ0n) is 9.59. The van der Waals surface area contributed by atoms with Crippen molar-refractivity contribution >= 4 is 43.4 Å². The van der Waals surface area contributed by atoms with Crippen LogP contribution < -0.4 is 5.32 Å². The second kappa shape index (κ2) is 5.19. The van der Waals surface area contributed by atoms with Crippen LogP contribution in [0.1, 0.15) is 11.1 Å². The van der Waals surface area contributed by atoms with Crippen molar-refractivity contribution in [3.05, 3.63) is 50.5 Å². The molecule has 2 nitrogen and oxygen atoms in total. The summed E-state index contributed by atoms with van der Waals surface area (Å²) in [6.45, 7) is 4.16. The summed E-state index contributed by atoms with van der Waals surface area (Å²) in [4.78, 5) is 4.30. The van der Waals surface area contributed by atoms with Gasteiger partial charge in [0.2, 0.25) is 0 Å². The maximum Gasteiger partial charge on any atom is 0.144 e. The van der Waals surface area contributed by atoms with Crippen molar-refractivity contribution in [2.45, 2.75) is 13.8 Å². The van der Waals surface area contributed by atoms with E-state index < -0.39 is 0 Å². The van der Waals surface area contributed by atoms with Crippen LogP contribution in [0.5, 0.6) is 0 Å². The lowest BCUT2D eigenvalue weighted by Crippen LogP contribution is -1.98. The van der Waals surface area contributed by atoms with Crippen LogP contribution >= 0.6 is 31.9 Å². The Morgan fingerprint density at radius 2 is 1.88 bits per heavy atom. The van der Waals surface area contributed by atoms with Crippen LogP contribution in [-0.2, 0) is 0 Å². The highest BCUT2D eigenvalue weighted by Crippen LogP contribution is 2.32. The van der Waals surface area contributed by atoms with Crippen LogP contribution in [0.2, 0.25) is 0 Å². The zero-order chi connectivity index (χ0) is 12.4. The van der Waals surface area contributed by atoms with E-state index in [0.29, 0.717) is 0 Å². The number of hydrogen-bond donors (Lipinski definition) is 1. The quantitative estimate of drug-likeness (QED) is 0.822. The Bertz CT molecular complexity index is 530. The topological polar surface area (TPSA) is 24.9 Å². The van der Waals surface area contributed by atoms with Crippen LogP contribution in [0.4, 0.5) is 11.5 Å². The monoisotopic (exact) mass is 354 g/mol. The van der Waals surface area contributed by atoms with Gasteiger partial charge in [-0.1, -0.05) is 6.07 Å². The third-order valence-electron chi connectivity index (χ3n) is 2.43. The largest absolute Gasteiger partial charge is 0.338 e. The molecular formula is C13H12Br2N2.